The highest BCUT2D eigenvalue weighted by Crippen LogP contribution is 2.27. The maximum absolute atomic E-state index is 5.94. The van der Waals surface area contributed by atoms with Crippen molar-refractivity contribution in [2.24, 2.45) is 0 Å². The predicted octanol–water partition coefficient (Wildman–Crippen LogP) is 2.79. The van der Waals surface area contributed by atoms with Crippen LogP contribution in [0.15, 0.2) is 43.0 Å². The van der Waals surface area contributed by atoms with E-state index >= 15 is 0 Å². The fourth-order valence-electron chi connectivity index (χ4n) is 2.56. The predicted molar refractivity (Wildman–Crippen MR) is 90.4 cm³/mol. The Bertz CT molecular complexity index is 850. The molecule has 1 aromatic carbocycles. The van der Waals surface area contributed by atoms with Gasteiger partial charge in [0.25, 0.3) is 0 Å². The van der Waals surface area contributed by atoms with Gasteiger partial charge in [0.1, 0.15) is 23.8 Å². The van der Waals surface area contributed by atoms with Crippen LogP contribution in [0.4, 0.5) is 11.5 Å². The van der Waals surface area contributed by atoms with E-state index in [1.54, 1.807) is 12.5 Å². The average molecular weight is 306 g/mol. The van der Waals surface area contributed by atoms with Crippen molar-refractivity contribution in [2.75, 3.05) is 11.1 Å². The summed E-state index contributed by atoms with van der Waals surface area (Å²) in [5, 5.41) is 3.39. The maximum atomic E-state index is 5.94. The molecule has 1 fully saturated rings. The van der Waals surface area contributed by atoms with Gasteiger partial charge in [0, 0.05) is 35.8 Å². The number of aryl methyl sites for hydroxylation is 1. The van der Waals surface area contributed by atoms with E-state index in [4.69, 9.17) is 5.73 Å². The molecule has 3 N–H and O–H groups in total. The fourth-order valence-corrected chi connectivity index (χ4v) is 2.56. The third-order valence-electron chi connectivity index (χ3n) is 3.97. The first-order valence-corrected chi connectivity index (χ1v) is 7.69. The molecule has 23 heavy (non-hydrogen) atoms. The van der Waals surface area contributed by atoms with Crippen LogP contribution in [0, 0.1) is 6.92 Å². The molecule has 1 aliphatic carbocycles. The molecular formula is C17H18N6. The summed E-state index contributed by atoms with van der Waals surface area (Å²) in [5.74, 6) is 2.46. The maximum Gasteiger partial charge on any atom is 0.145 e. The lowest BCUT2D eigenvalue weighted by Crippen LogP contribution is -2.06. The highest BCUT2D eigenvalue weighted by molar-refractivity contribution is 5.67. The number of nitrogens with one attached hydrogen (secondary N) is 1. The molecule has 0 atom stereocenters. The third kappa shape index (κ3) is 2.75. The minimum Gasteiger partial charge on any atom is -0.399 e. The average Bonchev–Trinajstić information content (AvgIpc) is 3.23. The zero-order chi connectivity index (χ0) is 15.8. The molecule has 1 saturated carbocycles. The molecule has 0 bridgehead atoms. The second kappa shape index (κ2) is 5.39. The monoisotopic (exact) mass is 306 g/mol. The van der Waals surface area contributed by atoms with Crippen molar-refractivity contribution < 1.29 is 0 Å². The molecule has 3 aromatic rings. The smallest absolute Gasteiger partial charge is 0.145 e. The van der Waals surface area contributed by atoms with Gasteiger partial charge in [0.15, 0.2) is 0 Å². The van der Waals surface area contributed by atoms with E-state index in [1.807, 2.05) is 42.0 Å². The molecule has 2 heterocycles. The number of nitrogens with zero attached hydrogens (tertiary/aromatic N) is 4. The molecule has 1 aliphatic rings. The van der Waals surface area contributed by atoms with Crippen LogP contribution in [0.5, 0.6) is 0 Å². The van der Waals surface area contributed by atoms with Gasteiger partial charge in [-0.15, -0.1) is 0 Å². The van der Waals surface area contributed by atoms with Gasteiger partial charge < -0.3 is 11.1 Å². The molecule has 0 radical (unpaired) electrons. The Hall–Kier alpha value is -2.89. The molecule has 0 aliphatic heterocycles. The highest BCUT2D eigenvalue weighted by atomic mass is 15.1. The molecule has 116 valence electrons. The van der Waals surface area contributed by atoms with Crippen LogP contribution in [-0.2, 0) is 0 Å². The van der Waals surface area contributed by atoms with E-state index in [0.717, 1.165) is 34.3 Å². The first-order chi connectivity index (χ1) is 11.2. The van der Waals surface area contributed by atoms with Crippen LogP contribution in [0.25, 0.3) is 17.2 Å². The van der Waals surface area contributed by atoms with Gasteiger partial charge >= 0.3 is 0 Å². The van der Waals surface area contributed by atoms with E-state index < -0.39 is 0 Å². The lowest BCUT2D eigenvalue weighted by molar-refractivity contribution is 0.970. The summed E-state index contributed by atoms with van der Waals surface area (Å²) in [6.45, 7) is 2.05. The van der Waals surface area contributed by atoms with Crippen molar-refractivity contribution in [3.8, 4) is 17.2 Å². The number of rotatable bonds is 4. The Balaban J connectivity index is 1.76. The summed E-state index contributed by atoms with van der Waals surface area (Å²) in [6, 6.07) is 8.35. The Morgan fingerprint density at radius 2 is 2.04 bits per heavy atom. The molecule has 4 rings (SSSR count). The van der Waals surface area contributed by atoms with Gasteiger partial charge in [-0.1, -0.05) is 6.07 Å². The number of nitrogens with two attached hydrogens (primary N) is 1. The summed E-state index contributed by atoms with van der Waals surface area (Å²) >= 11 is 0. The van der Waals surface area contributed by atoms with Gasteiger partial charge in [0.2, 0.25) is 0 Å². The summed E-state index contributed by atoms with van der Waals surface area (Å²) in [5.41, 5.74) is 8.78. The van der Waals surface area contributed by atoms with Gasteiger partial charge in [-0.05, 0) is 37.5 Å². The molecule has 6 heteroatoms. The van der Waals surface area contributed by atoms with Gasteiger partial charge in [-0.2, -0.15) is 0 Å². The van der Waals surface area contributed by atoms with Gasteiger partial charge in [-0.25, -0.2) is 15.0 Å². The second-order valence-electron chi connectivity index (χ2n) is 5.88. The Kier molecular flexibility index (Phi) is 3.22. The molecule has 0 unspecified atom stereocenters. The first kappa shape index (κ1) is 13.8. The van der Waals surface area contributed by atoms with E-state index in [-0.39, 0.29) is 0 Å². The number of hydrogen-bond acceptors (Lipinski definition) is 5. The normalized spacial score (nSPS) is 14.0. The Labute approximate surface area is 134 Å². The van der Waals surface area contributed by atoms with E-state index in [2.05, 4.69) is 20.3 Å². The number of benzene rings is 1. The fraction of sp³-hybridized carbons (Fsp3) is 0.235. The molecule has 6 nitrogen and oxygen atoms in total. The van der Waals surface area contributed by atoms with E-state index in [0.29, 0.717) is 6.04 Å². The van der Waals surface area contributed by atoms with Gasteiger partial charge in [0.05, 0.1) is 0 Å². The number of nitrogen functional groups attached to an aromatic ring is 1. The van der Waals surface area contributed by atoms with E-state index in [9.17, 15) is 0 Å². The zero-order valence-corrected chi connectivity index (χ0v) is 12.9. The van der Waals surface area contributed by atoms with Crippen molar-refractivity contribution in [1.82, 2.24) is 19.5 Å². The van der Waals surface area contributed by atoms with Crippen LogP contribution in [0.3, 0.4) is 0 Å². The minimum absolute atomic E-state index is 0.552. The molecule has 0 spiro atoms. The van der Waals surface area contributed by atoms with Crippen molar-refractivity contribution in [2.45, 2.75) is 25.8 Å². The van der Waals surface area contributed by atoms with Crippen LogP contribution in [0.2, 0.25) is 0 Å². The first-order valence-electron chi connectivity index (χ1n) is 7.69. The van der Waals surface area contributed by atoms with Crippen LogP contribution < -0.4 is 11.1 Å². The third-order valence-corrected chi connectivity index (χ3v) is 3.97. The number of imidazole rings is 1. The summed E-state index contributed by atoms with van der Waals surface area (Å²) in [4.78, 5) is 13.2. The number of hydrogen-bond donors (Lipinski definition) is 2. The van der Waals surface area contributed by atoms with Crippen molar-refractivity contribution in [1.29, 1.82) is 0 Å². The van der Waals surface area contributed by atoms with Crippen molar-refractivity contribution in [3.05, 3.63) is 48.5 Å². The molecule has 2 aromatic heterocycles. The Morgan fingerprint density at radius 3 is 2.87 bits per heavy atom. The quantitative estimate of drug-likeness (QED) is 0.724. The highest BCUT2D eigenvalue weighted by Gasteiger charge is 2.21. The van der Waals surface area contributed by atoms with E-state index in [1.165, 1.54) is 12.8 Å². The summed E-state index contributed by atoms with van der Waals surface area (Å²) in [6.07, 6.45) is 7.67. The van der Waals surface area contributed by atoms with Crippen LogP contribution >= 0.6 is 0 Å². The largest absolute Gasteiger partial charge is 0.399 e. The number of aromatic nitrogens is 4. The molecular weight excluding hydrogens is 288 g/mol. The van der Waals surface area contributed by atoms with Crippen LogP contribution in [0.1, 0.15) is 18.4 Å². The SMILES string of the molecule is Cc1ccc(N)cc1-c1nccn1-c1cc(NC2CC2)ncn1. The second-order valence-corrected chi connectivity index (χ2v) is 5.88. The number of anilines is 2. The topological polar surface area (TPSA) is 81.6 Å². The standard InChI is InChI=1S/C17H18N6/c1-11-2-3-12(18)8-14(11)17-19-6-7-23(17)16-9-15(20-10-21-16)22-13-4-5-13/h2-3,6-10,13H,4-5,18H2,1H3,(H,20,21,22). The minimum atomic E-state index is 0.552. The Morgan fingerprint density at radius 1 is 1.17 bits per heavy atom. The molecule has 0 amide bonds. The van der Waals surface area contributed by atoms with Crippen molar-refractivity contribution in [3.63, 3.8) is 0 Å². The molecule has 0 saturated heterocycles. The summed E-state index contributed by atoms with van der Waals surface area (Å²) in [7, 11) is 0. The van der Waals surface area contributed by atoms with Crippen LogP contribution in [-0.4, -0.2) is 25.6 Å². The lowest BCUT2D eigenvalue weighted by Gasteiger charge is -2.11. The van der Waals surface area contributed by atoms with Crippen molar-refractivity contribution >= 4 is 11.5 Å². The van der Waals surface area contributed by atoms with Gasteiger partial charge in [-0.3, -0.25) is 4.57 Å². The lowest BCUT2D eigenvalue weighted by atomic mass is 10.1. The summed E-state index contributed by atoms with van der Waals surface area (Å²) < 4.78 is 1.96. The zero-order valence-electron chi connectivity index (χ0n) is 12.9.